The van der Waals surface area contributed by atoms with Crippen LogP contribution in [0.15, 0.2) is 23.8 Å². The van der Waals surface area contributed by atoms with Crippen LogP contribution in [0.3, 0.4) is 0 Å². The second-order valence-electron chi connectivity index (χ2n) is 6.25. The van der Waals surface area contributed by atoms with Crippen LogP contribution in [0, 0.1) is 36.5 Å². The van der Waals surface area contributed by atoms with Gasteiger partial charge in [-0.15, -0.1) is 0 Å². The fourth-order valence-electron chi connectivity index (χ4n) is 3.23. The number of aromatic nitrogens is 2. The minimum Gasteiger partial charge on any atom is -0.288 e. The molecule has 3 aromatic rings. The Bertz CT molecular complexity index is 1250. The minimum absolute atomic E-state index is 0.0222. The van der Waals surface area contributed by atoms with Crippen molar-refractivity contribution in [2.75, 3.05) is 0 Å². The van der Waals surface area contributed by atoms with Crippen molar-refractivity contribution in [3.63, 3.8) is 0 Å². The molecule has 0 radical (unpaired) electrons. The second-order valence-corrected chi connectivity index (χ2v) is 6.78. The van der Waals surface area contributed by atoms with Gasteiger partial charge in [-0.25, -0.2) is 0 Å². The van der Waals surface area contributed by atoms with E-state index >= 15 is 0 Å². The lowest BCUT2D eigenvalue weighted by Gasteiger charge is -2.05. The molecule has 6 nitrogen and oxygen atoms in total. The third kappa shape index (κ3) is 2.37. The van der Waals surface area contributed by atoms with Gasteiger partial charge < -0.3 is 0 Å². The molecule has 0 fully saturated rings. The predicted molar refractivity (Wildman–Crippen MR) is 99.4 cm³/mol. The maximum absolute atomic E-state index is 12.8. The molecule has 2 aromatic carbocycles. The van der Waals surface area contributed by atoms with Gasteiger partial charge in [0, 0.05) is 11.1 Å². The van der Waals surface area contributed by atoms with E-state index in [0.29, 0.717) is 0 Å². The Hall–Kier alpha value is -3.68. The van der Waals surface area contributed by atoms with Crippen LogP contribution in [0.5, 0.6) is 0 Å². The topological polar surface area (TPSA) is 108 Å². The van der Waals surface area contributed by atoms with Crippen molar-refractivity contribution in [3.05, 3.63) is 62.7 Å². The van der Waals surface area contributed by atoms with Gasteiger partial charge in [0.1, 0.15) is 23.2 Å². The third-order valence-corrected chi connectivity index (χ3v) is 5.23. The number of nitriles is 2. The zero-order valence-corrected chi connectivity index (χ0v) is 15.1. The van der Waals surface area contributed by atoms with Crippen LogP contribution < -0.4 is 0 Å². The highest BCUT2D eigenvalue weighted by Gasteiger charge is 2.34. The van der Waals surface area contributed by atoms with Crippen LogP contribution in [-0.4, -0.2) is 20.3 Å². The Morgan fingerprint density at radius 1 is 0.926 bits per heavy atom. The van der Waals surface area contributed by atoms with Crippen molar-refractivity contribution >= 4 is 40.4 Å². The van der Waals surface area contributed by atoms with Gasteiger partial charge >= 0.3 is 0 Å². The number of rotatable bonds is 1. The van der Waals surface area contributed by atoms with Gasteiger partial charge in [-0.05, 0) is 54.8 Å². The van der Waals surface area contributed by atoms with E-state index in [1.807, 2.05) is 32.1 Å². The molecule has 7 heteroatoms. The molecule has 128 valence electrons. The van der Waals surface area contributed by atoms with E-state index in [2.05, 4.69) is 8.75 Å². The molecule has 4 rings (SSSR count). The highest BCUT2D eigenvalue weighted by Crippen LogP contribution is 2.32. The van der Waals surface area contributed by atoms with Crippen molar-refractivity contribution in [2.45, 2.75) is 13.8 Å². The van der Waals surface area contributed by atoms with Crippen LogP contribution in [0.2, 0.25) is 0 Å². The van der Waals surface area contributed by atoms with Crippen LogP contribution >= 0.6 is 11.7 Å². The maximum atomic E-state index is 12.8. The molecule has 1 aliphatic rings. The molecule has 0 atom stereocenters. The lowest BCUT2D eigenvalue weighted by Crippen LogP contribution is -2.01. The van der Waals surface area contributed by atoms with E-state index in [1.165, 1.54) is 12.1 Å². The number of aryl methyl sites for hydroxylation is 2. The number of benzene rings is 2. The van der Waals surface area contributed by atoms with Crippen molar-refractivity contribution < 1.29 is 9.59 Å². The minimum atomic E-state index is -0.440. The molecule has 27 heavy (non-hydrogen) atoms. The van der Waals surface area contributed by atoms with E-state index in [0.717, 1.165) is 39.5 Å². The first-order valence-corrected chi connectivity index (χ1v) is 8.71. The summed E-state index contributed by atoms with van der Waals surface area (Å²) in [7, 11) is 0. The molecule has 0 unspecified atom stereocenters. The summed E-state index contributed by atoms with van der Waals surface area (Å²) < 4.78 is 8.56. The Balaban J connectivity index is 1.90. The standard InChI is InChI=1S/C20H10N4O2S/c1-9-3-11(10(2)18-17(9)23-27-24-18)4-16-19(25)14-5-12(7-21)13(8-22)6-15(14)20(16)26/h3-6H,1-2H3. The SMILES string of the molecule is Cc1cc(C=C2C(=O)c3cc(C#N)c(C#N)cc3C2=O)c(C)c2nsnc12. The monoisotopic (exact) mass is 370 g/mol. The van der Waals surface area contributed by atoms with Crippen LogP contribution in [0.25, 0.3) is 17.1 Å². The first-order chi connectivity index (χ1) is 13.0. The fraction of sp³-hybridized carbons (Fsp3) is 0.100. The van der Waals surface area contributed by atoms with Gasteiger partial charge in [0.2, 0.25) is 0 Å². The van der Waals surface area contributed by atoms with Gasteiger partial charge in [0.05, 0.1) is 28.4 Å². The van der Waals surface area contributed by atoms with Gasteiger partial charge in [-0.2, -0.15) is 19.3 Å². The summed E-state index contributed by atoms with van der Waals surface area (Å²) in [5.74, 6) is -0.880. The summed E-state index contributed by atoms with van der Waals surface area (Å²) in [4.78, 5) is 25.6. The molecule has 0 aliphatic heterocycles. The van der Waals surface area contributed by atoms with Gasteiger partial charge in [0.15, 0.2) is 11.6 Å². The summed E-state index contributed by atoms with van der Waals surface area (Å²) in [6, 6.07) is 8.29. The van der Waals surface area contributed by atoms with E-state index in [9.17, 15) is 9.59 Å². The van der Waals surface area contributed by atoms with Crippen molar-refractivity contribution in [3.8, 4) is 12.1 Å². The average Bonchev–Trinajstić information content (AvgIpc) is 3.25. The smallest absolute Gasteiger partial charge is 0.197 e. The Labute approximate surface area is 158 Å². The summed E-state index contributed by atoms with van der Waals surface area (Å²) in [5.41, 5.74) is 4.53. The zero-order valence-electron chi connectivity index (χ0n) is 14.3. The molecule has 1 heterocycles. The summed E-state index contributed by atoms with van der Waals surface area (Å²) in [6.07, 6.45) is 1.56. The van der Waals surface area contributed by atoms with Crippen LogP contribution in [0.1, 0.15) is 48.5 Å². The number of nitrogens with zero attached hydrogens (tertiary/aromatic N) is 4. The highest BCUT2D eigenvalue weighted by molar-refractivity contribution is 7.00. The molecule has 0 bridgehead atoms. The molecule has 0 spiro atoms. The molecule has 0 N–H and O–H groups in total. The molecular formula is C20H10N4O2S. The molecule has 1 aliphatic carbocycles. The van der Waals surface area contributed by atoms with Gasteiger partial charge in [-0.3, -0.25) is 9.59 Å². The number of hydrogen-bond donors (Lipinski definition) is 0. The summed E-state index contributed by atoms with van der Waals surface area (Å²) >= 11 is 1.12. The maximum Gasteiger partial charge on any atom is 0.197 e. The molecule has 0 saturated carbocycles. The lowest BCUT2D eigenvalue weighted by molar-refractivity contribution is 0.0990. The van der Waals surface area contributed by atoms with Crippen molar-refractivity contribution in [2.24, 2.45) is 0 Å². The number of carbonyl (C=O) groups is 2. The normalized spacial score (nSPS) is 12.8. The average molecular weight is 370 g/mol. The summed E-state index contributed by atoms with van der Waals surface area (Å²) in [6.45, 7) is 3.77. The Morgan fingerprint density at radius 2 is 1.48 bits per heavy atom. The van der Waals surface area contributed by atoms with E-state index in [4.69, 9.17) is 10.5 Å². The van der Waals surface area contributed by atoms with Crippen molar-refractivity contribution in [1.82, 2.24) is 8.75 Å². The quantitative estimate of drug-likeness (QED) is 0.479. The zero-order chi connectivity index (χ0) is 19.3. The van der Waals surface area contributed by atoms with Crippen LogP contribution in [0.4, 0.5) is 0 Å². The predicted octanol–water partition coefficient (Wildman–Crippen LogP) is 3.51. The largest absolute Gasteiger partial charge is 0.288 e. The number of carbonyl (C=O) groups excluding carboxylic acids is 2. The van der Waals surface area contributed by atoms with E-state index in [1.54, 1.807) is 6.08 Å². The first kappa shape index (κ1) is 16.8. The first-order valence-electron chi connectivity index (χ1n) is 7.98. The van der Waals surface area contributed by atoms with Crippen LogP contribution in [-0.2, 0) is 0 Å². The third-order valence-electron chi connectivity index (χ3n) is 4.70. The highest BCUT2D eigenvalue weighted by atomic mass is 32.1. The van der Waals surface area contributed by atoms with E-state index < -0.39 is 11.6 Å². The van der Waals surface area contributed by atoms with Gasteiger partial charge in [-0.1, -0.05) is 0 Å². The van der Waals surface area contributed by atoms with Crippen molar-refractivity contribution in [1.29, 1.82) is 10.5 Å². The molecule has 0 saturated heterocycles. The fourth-order valence-corrected chi connectivity index (χ4v) is 3.89. The number of hydrogen-bond acceptors (Lipinski definition) is 7. The number of ketones is 2. The van der Waals surface area contributed by atoms with Gasteiger partial charge in [0.25, 0.3) is 0 Å². The molecular weight excluding hydrogens is 360 g/mol. The number of Topliss-reactive ketones (excluding diaryl/α,β-unsaturated/α-hetero) is 2. The second kappa shape index (κ2) is 5.94. The molecule has 1 aromatic heterocycles. The Morgan fingerprint density at radius 3 is 2.04 bits per heavy atom. The number of allylic oxidation sites excluding steroid dienone is 1. The molecule has 0 amide bonds. The van der Waals surface area contributed by atoms with E-state index in [-0.39, 0.29) is 27.8 Å². The lowest BCUT2D eigenvalue weighted by atomic mass is 9.99. The Kier molecular flexibility index (Phi) is 3.69. The summed E-state index contributed by atoms with van der Waals surface area (Å²) in [5, 5.41) is 18.3. The number of fused-ring (bicyclic) bond motifs is 2.